The van der Waals surface area contributed by atoms with E-state index in [0.717, 1.165) is 6.26 Å². The van der Waals surface area contributed by atoms with Crippen LogP contribution >= 0.6 is 0 Å². The van der Waals surface area contributed by atoms with Crippen molar-refractivity contribution in [1.82, 2.24) is 0 Å². The molecule has 10 N–H and O–H groups in total. The minimum Gasteiger partial charge on any atom is -0.472 e. The molecule has 0 amide bonds. The smallest absolute Gasteiger partial charge is 0.211 e. The van der Waals surface area contributed by atoms with E-state index in [4.69, 9.17) is 23.7 Å². The molecule has 36 heavy (non-hydrogen) atoms. The lowest BCUT2D eigenvalue weighted by Crippen LogP contribution is -2.64. The van der Waals surface area contributed by atoms with E-state index in [9.17, 15) is 51.1 Å². The summed E-state index contributed by atoms with van der Waals surface area (Å²) in [5, 5.41) is 101. The molecule has 3 aliphatic heterocycles. The maximum Gasteiger partial charge on any atom is 0.211 e. The predicted octanol–water partition coefficient (Wildman–Crippen LogP) is -5.86. The van der Waals surface area contributed by atoms with Gasteiger partial charge < -0.3 is 74.7 Å². The summed E-state index contributed by atoms with van der Waals surface area (Å²) in [6.45, 7) is -2.02. The molecule has 0 unspecified atom stereocenters. The summed E-state index contributed by atoms with van der Waals surface area (Å²) in [7, 11) is 0. The van der Waals surface area contributed by atoms with Crippen LogP contribution in [0.15, 0.2) is 24.0 Å². The molecule has 0 aromatic heterocycles. The molecule has 1 aliphatic carbocycles. The van der Waals surface area contributed by atoms with E-state index >= 15 is 0 Å². The monoisotopic (exact) mass is 524 g/mol. The molecule has 15 nitrogen and oxygen atoms in total. The van der Waals surface area contributed by atoms with Gasteiger partial charge in [0.1, 0.15) is 60.5 Å². The Labute approximate surface area is 204 Å². The van der Waals surface area contributed by atoms with Gasteiger partial charge in [-0.2, -0.15) is 0 Å². The molecule has 2 fully saturated rings. The van der Waals surface area contributed by atoms with Crippen molar-refractivity contribution < 1.29 is 74.7 Å². The zero-order valence-electron chi connectivity index (χ0n) is 18.9. The van der Waals surface area contributed by atoms with E-state index < -0.39 is 105 Å². The van der Waals surface area contributed by atoms with Crippen molar-refractivity contribution in [3.05, 3.63) is 24.0 Å². The Hall–Kier alpha value is -1.28. The van der Waals surface area contributed by atoms with Crippen LogP contribution in [0.3, 0.4) is 0 Å². The Morgan fingerprint density at radius 1 is 0.722 bits per heavy atom. The van der Waals surface area contributed by atoms with Gasteiger partial charge in [0.15, 0.2) is 12.6 Å². The standard InChI is InChI=1S/C21H32O15/c22-4-7-3-10(25)21(36-20-17(31)15(29)13(27)9(6-24)34-20)1-2-32-18(11(7)21)35-19-16(30)14(28)12(26)8(5-23)33-19/h1-3,8-20,22-31H,4-6H2/t8-,9+,10+,11-,12+,13-,14-,15-,16+,17-,18-,19+,20-,21+/m0/s1. The van der Waals surface area contributed by atoms with E-state index in [1.807, 2.05) is 0 Å². The summed E-state index contributed by atoms with van der Waals surface area (Å²) in [6, 6.07) is 0. The summed E-state index contributed by atoms with van der Waals surface area (Å²) < 4.78 is 27.9. The fourth-order valence-electron chi connectivity index (χ4n) is 4.92. The Balaban J connectivity index is 1.60. The van der Waals surface area contributed by atoms with Crippen molar-refractivity contribution in [2.75, 3.05) is 19.8 Å². The third kappa shape index (κ3) is 4.59. The van der Waals surface area contributed by atoms with Gasteiger partial charge in [0, 0.05) is 0 Å². The minimum atomic E-state index is -1.83. The summed E-state index contributed by atoms with van der Waals surface area (Å²) in [5.74, 6) is -1.16. The van der Waals surface area contributed by atoms with Gasteiger partial charge >= 0.3 is 0 Å². The minimum absolute atomic E-state index is 0.158. The SMILES string of the molecule is OCC1=C[C@@H](O)[C@]2(O[C@@H]3O[C@H](CO)[C@H](O)[C@H](O)[C@@H]3O)C=CO[C@@H](O[C@H]3O[C@@H](CO)[C@@H](O)[C@H](O)[C@H]3O)[C@H]12. The molecule has 15 heteroatoms. The first-order valence-corrected chi connectivity index (χ1v) is 11.4. The van der Waals surface area contributed by atoms with Gasteiger partial charge in [0.25, 0.3) is 0 Å². The van der Waals surface area contributed by atoms with Crippen LogP contribution < -0.4 is 0 Å². The lowest BCUT2D eigenvalue weighted by Gasteiger charge is -2.48. The number of aliphatic hydroxyl groups is 10. The highest BCUT2D eigenvalue weighted by molar-refractivity contribution is 5.34. The van der Waals surface area contributed by atoms with Gasteiger partial charge in [-0.15, -0.1) is 0 Å². The normalized spacial score (nSPS) is 50.9. The maximum absolute atomic E-state index is 10.9. The highest BCUT2D eigenvalue weighted by Crippen LogP contribution is 2.47. The zero-order chi connectivity index (χ0) is 26.4. The largest absolute Gasteiger partial charge is 0.472 e. The lowest BCUT2D eigenvalue weighted by atomic mass is 9.82. The van der Waals surface area contributed by atoms with Crippen molar-refractivity contribution in [3.63, 3.8) is 0 Å². The summed E-state index contributed by atoms with van der Waals surface area (Å²) >= 11 is 0. The van der Waals surface area contributed by atoms with Crippen molar-refractivity contribution in [1.29, 1.82) is 0 Å². The van der Waals surface area contributed by atoms with Crippen LogP contribution in [0.4, 0.5) is 0 Å². The predicted molar refractivity (Wildman–Crippen MR) is 111 cm³/mol. The van der Waals surface area contributed by atoms with Crippen LogP contribution in [0, 0.1) is 5.92 Å². The Bertz CT molecular complexity index is 819. The van der Waals surface area contributed by atoms with Gasteiger partial charge in [-0.3, -0.25) is 0 Å². The number of aliphatic hydroxyl groups excluding tert-OH is 10. The third-order valence-corrected chi connectivity index (χ3v) is 7.00. The van der Waals surface area contributed by atoms with Crippen molar-refractivity contribution in [2.24, 2.45) is 5.92 Å². The van der Waals surface area contributed by atoms with Crippen LogP contribution in [-0.2, 0) is 23.7 Å². The molecular formula is C21H32O15. The van der Waals surface area contributed by atoms with Crippen molar-refractivity contribution >= 4 is 0 Å². The van der Waals surface area contributed by atoms with Gasteiger partial charge in [-0.05, 0) is 11.6 Å². The highest BCUT2D eigenvalue weighted by Gasteiger charge is 2.60. The van der Waals surface area contributed by atoms with Gasteiger partial charge in [-0.1, -0.05) is 6.08 Å². The zero-order valence-corrected chi connectivity index (χ0v) is 18.9. The first kappa shape index (κ1) is 27.7. The van der Waals surface area contributed by atoms with Crippen LogP contribution in [0.5, 0.6) is 0 Å². The number of fused-ring (bicyclic) bond motifs is 1. The van der Waals surface area contributed by atoms with E-state index in [0.29, 0.717) is 0 Å². The molecule has 0 aromatic rings. The number of hydrogen-bond acceptors (Lipinski definition) is 15. The Morgan fingerprint density at radius 2 is 1.28 bits per heavy atom. The van der Waals surface area contributed by atoms with Crippen LogP contribution in [0.1, 0.15) is 0 Å². The molecule has 206 valence electrons. The first-order chi connectivity index (χ1) is 17.1. The molecule has 2 saturated heterocycles. The van der Waals surface area contributed by atoms with Crippen LogP contribution in [0.25, 0.3) is 0 Å². The van der Waals surface area contributed by atoms with Crippen molar-refractivity contribution in [3.8, 4) is 0 Å². The number of rotatable bonds is 7. The molecule has 4 aliphatic rings. The fraction of sp³-hybridized carbons (Fsp3) is 0.810. The maximum atomic E-state index is 10.9. The molecule has 0 radical (unpaired) electrons. The van der Waals surface area contributed by atoms with Gasteiger partial charge in [0.05, 0.1) is 32.0 Å². The summed E-state index contributed by atoms with van der Waals surface area (Å²) in [5.41, 5.74) is -1.67. The molecule has 0 aromatic carbocycles. The third-order valence-electron chi connectivity index (χ3n) is 7.00. The molecule has 0 saturated carbocycles. The number of hydrogen-bond donors (Lipinski definition) is 10. The highest BCUT2D eigenvalue weighted by atomic mass is 16.8. The van der Waals surface area contributed by atoms with Crippen LogP contribution in [0.2, 0.25) is 0 Å². The molecule has 3 heterocycles. The van der Waals surface area contributed by atoms with E-state index in [-0.39, 0.29) is 5.57 Å². The number of ether oxygens (including phenoxy) is 5. The van der Waals surface area contributed by atoms with E-state index in [1.165, 1.54) is 12.2 Å². The molecular weight excluding hydrogens is 492 g/mol. The second-order valence-electron chi connectivity index (χ2n) is 9.13. The molecule has 14 atom stereocenters. The van der Waals surface area contributed by atoms with Gasteiger partial charge in [-0.25, -0.2) is 0 Å². The summed E-state index contributed by atoms with van der Waals surface area (Å²) in [6.07, 6.45) is -15.6. The average Bonchev–Trinajstić information content (AvgIpc) is 3.16. The lowest BCUT2D eigenvalue weighted by molar-refractivity contribution is -0.362. The summed E-state index contributed by atoms with van der Waals surface area (Å²) in [4.78, 5) is 0. The second kappa shape index (κ2) is 10.8. The van der Waals surface area contributed by atoms with E-state index in [2.05, 4.69) is 0 Å². The molecule has 4 rings (SSSR count). The Morgan fingerprint density at radius 3 is 1.83 bits per heavy atom. The fourth-order valence-corrected chi connectivity index (χ4v) is 4.92. The topological polar surface area (TPSA) is 248 Å². The van der Waals surface area contributed by atoms with Crippen molar-refractivity contribution in [2.45, 2.75) is 79.4 Å². The molecule has 0 spiro atoms. The van der Waals surface area contributed by atoms with E-state index in [1.54, 1.807) is 0 Å². The van der Waals surface area contributed by atoms with Gasteiger partial charge in [0.2, 0.25) is 6.29 Å². The average molecular weight is 524 g/mol. The Kier molecular flexibility index (Phi) is 8.35. The quantitative estimate of drug-likeness (QED) is 0.139. The second-order valence-corrected chi connectivity index (χ2v) is 9.13. The van der Waals surface area contributed by atoms with Crippen LogP contribution in [-0.4, -0.2) is 150 Å². The molecule has 0 bridgehead atoms. The first-order valence-electron chi connectivity index (χ1n) is 11.4.